The van der Waals surface area contributed by atoms with Gasteiger partial charge in [-0.3, -0.25) is 4.79 Å². The molecule has 1 N–H and O–H groups in total. The number of aromatic nitrogens is 2. The van der Waals surface area contributed by atoms with Crippen LogP contribution in [0.4, 0.5) is 5.82 Å². The van der Waals surface area contributed by atoms with Gasteiger partial charge in [-0.15, -0.1) is 0 Å². The number of amides is 1. The number of nitrogens with zero attached hydrogens (tertiary/aromatic N) is 3. The molecule has 4 aromatic rings. The number of hydrogen-bond acceptors (Lipinski definition) is 4. The zero-order valence-electron chi connectivity index (χ0n) is 21.9. The molecule has 0 aliphatic rings. The molecule has 0 radical (unpaired) electrons. The third-order valence-electron chi connectivity index (χ3n) is 6.09. The number of para-hydroxylation sites is 1. The number of halogens is 2. The maximum absolute atomic E-state index is 13.6. The molecule has 0 saturated carbocycles. The highest BCUT2D eigenvalue weighted by Gasteiger charge is 2.28. The van der Waals surface area contributed by atoms with Gasteiger partial charge in [0.15, 0.2) is 0 Å². The van der Waals surface area contributed by atoms with E-state index in [0.29, 0.717) is 28.0 Å². The van der Waals surface area contributed by atoms with Crippen LogP contribution in [-0.2, 0) is 26.7 Å². The number of sulfonamides is 1. The van der Waals surface area contributed by atoms with Gasteiger partial charge in [0.05, 0.1) is 27.8 Å². The molecule has 0 fully saturated rings. The lowest BCUT2D eigenvalue weighted by Crippen LogP contribution is -2.39. The molecule has 10 heteroatoms. The minimum Gasteiger partial charge on any atom is -0.309 e. The van der Waals surface area contributed by atoms with E-state index in [1.54, 1.807) is 22.9 Å². The molecule has 4 rings (SSSR count). The van der Waals surface area contributed by atoms with E-state index in [-0.39, 0.29) is 16.9 Å². The van der Waals surface area contributed by atoms with E-state index >= 15 is 0 Å². The van der Waals surface area contributed by atoms with Gasteiger partial charge < -0.3 is 5.32 Å². The van der Waals surface area contributed by atoms with Gasteiger partial charge in [-0.1, -0.05) is 86.4 Å². The molecule has 39 heavy (non-hydrogen) atoms. The molecule has 204 valence electrons. The molecule has 3 aromatic carbocycles. The van der Waals surface area contributed by atoms with Gasteiger partial charge in [-0.2, -0.15) is 9.40 Å². The number of hydrogen-bond donors (Lipinski definition) is 1. The van der Waals surface area contributed by atoms with Crippen LogP contribution < -0.4 is 5.32 Å². The Balaban J connectivity index is 1.64. The molecule has 0 atom stereocenters. The Morgan fingerprint density at radius 3 is 2.23 bits per heavy atom. The van der Waals surface area contributed by atoms with Crippen LogP contribution in [0.2, 0.25) is 10.0 Å². The Hall–Kier alpha value is -3.17. The lowest BCUT2D eigenvalue weighted by atomic mass is 9.92. The summed E-state index contributed by atoms with van der Waals surface area (Å²) < 4.78 is 29.9. The van der Waals surface area contributed by atoms with Crippen LogP contribution in [-0.4, -0.2) is 41.5 Å². The molecule has 0 saturated heterocycles. The van der Waals surface area contributed by atoms with Crippen LogP contribution in [0.15, 0.2) is 89.8 Å². The number of carbonyl (C=O) groups is 1. The third kappa shape index (κ3) is 7.08. The van der Waals surface area contributed by atoms with Crippen LogP contribution in [0, 0.1) is 0 Å². The molecule has 0 aliphatic carbocycles. The minimum atomic E-state index is -3.99. The SMILES string of the molecule is CC(C)(C)c1cc(NC(=O)CN(CCc2ccccc2)S(=O)(=O)c2ccc(Cl)cc2)n(-c2ccccc2Cl)n1. The molecular weight excluding hydrogens is 555 g/mol. The van der Waals surface area contributed by atoms with Gasteiger partial charge in [0, 0.05) is 23.0 Å². The number of rotatable bonds is 9. The summed E-state index contributed by atoms with van der Waals surface area (Å²) in [5.74, 6) is -0.112. The van der Waals surface area contributed by atoms with E-state index in [2.05, 4.69) is 5.32 Å². The van der Waals surface area contributed by atoms with Crippen molar-refractivity contribution in [2.75, 3.05) is 18.4 Å². The van der Waals surface area contributed by atoms with Gasteiger partial charge in [0.25, 0.3) is 0 Å². The summed E-state index contributed by atoms with van der Waals surface area (Å²) in [6, 6.07) is 24.4. The number of benzene rings is 3. The van der Waals surface area contributed by atoms with Crippen molar-refractivity contribution in [2.45, 2.75) is 37.5 Å². The van der Waals surface area contributed by atoms with Crippen LogP contribution in [0.5, 0.6) is 0 Å². The van der Waals surface area contributed by atoms with E-state index in [4.69, 9.17) is 28.3 Å². The van der Waals surface area contributed by atoms with E-state index in [1.165, 1.54) is 28.6 Å². The molecule has 1 heterocycles. The summed E-state index contributed by atoms with van der Waals surface area (Å²) in [5, 5.41) is 8.45. The van der Waals surface area contributed by atoms with Gasteiger partial charge in [-0.25, -0.2) is 13.1 Å². The Labute approximate surface area is 239 Å². The van der Waals surface area contributed by atoms with Gasteiger partial charge in [0.2, 0.25) is 15.9 Å². The first kappa shape index (κ1) is 28.8. The zero-order chi connectivity index (χ0) is 28.2. The summed E-state index contributed by atoms with van der Waals surface area (Å²) in [7, 11) is -3.99. The zero-order valence-corrected chi connectivity index (χ0v) is 24.3. The van der Waals surface area contributed by atoms with Gasteiger partial charge in [-0.05, 0) is 48.4 Å². The van der Waals surface area contributed by atoms with Crippen molar-refractivity contribution in [3.05, 3.63) is 106 Å². The van der Waals surface area contributed by atoms with Crippen molar-refractivity contribution < 1.29 is 13.2 Å². The number of anilines is 1. The van der Waals surface area contributed by atoms with E-state index < -0.39 is 22.5 Å². The first-order valence-electron chi connectivity index (χ1n) is 12.4. The van der Waals surface area contributed by atoms with Crippen LogP contribution in [0.25, 0.3) is 5.69 Å². The highest BCUT2D eigenvalue weighted by Crippen LogP contribution is 2.29. The monoisotopic (exact) mass is 584 g/mol. The quantitative estimate of drug-likeness (QED) is 0.248. The van der Waals surface area contributed by atoms with Crippen molar-refractivity contribution in [1.82, 2.24) is 14.1 Å². The Bertz CT molecular complexity index is 1550. The maximum Gasteiger partial charge on any atom is 0.243 e. The Morgan fingerprint density at radius 2 is 1.59 bits per heavy atom. The molecule has 0 spiro atoms. The molecule has 0 bridgehead atoms. The molecule has 7 nitrogen and oxygen atoms in total. The highest BCUT2D eigenvalue weighted by atomic mass is 35.5. The van der Waals surface area contributed by atoms with Gasteiger partial charge in [0.1, 0.15) is 5.82 Å². The van der Waals surface area contributed by atoms with Crippen molar-refractivity contribution in [2.24, 2.45) is 0 Å². The second-order valence-corrected chi connectivity index (χ2v) is 12.9. The second kappa shape index (κ2) is 11.9. The van der Waals surface area contributed by atoms with Crippen LogP contribution in [0.1, 0.15) is 32.0 Å². The molecule has 0 unspecified atom stereocenters. The normalized spacial score (nSPS) is 12.1. The highest BCUT2D eigenvalue weighted by molar-refractivity contribution is 7.89. The first-order chi connectivity index (χ1) is 18.4. The summed E-state index contributed by atoms with van der Waals surface area (Å²) in [6.07, 6.45) is 0.437. The smallest absolute Gasteiger partial charge is 0.243 e. The molecular formula is C29H30Cl2N4O3S. The molecule has 1 amide bonds. The van der Waals surface area contributed by atoms with Crippen molar-refractivity contribution >= 4 is 45.0 Å². The topological polar surface area (TPSA) is 84.3 Å². The van der Waals surface area contributed by atoms with Crippen LogP contribution >= 0.6 is 23.2 Å². The van der Waals surface area contributed by atoms with Crippen LogP contribution in [0.3, 0.4) is 0 Å². The maximum atomic E-state index is 13.6. The average Bonchev–Trinajstić information content (AvgIpc) is 3.31. The van der Waals surface area contributed by atoms with E-state index in [0.717, 1.165) is 11.3 Å². The Morgan fingerprint density at radius 1 is 0.949 bits per heavy atom. The van der Waals surface area contributed by atoms with E-state index in [1.807, 2.05) is 63.2 Å². The van der Waals surface area contributed by atoms with Crippen molar-refractivity contribution in [3.8, 4) is 5.69 Å². The Kier molecular flexibility index (Phi) is 8.81. The average molecular weight is 586 g/mol. The second-order valence-electron chi connectivity index (χ2n) is 10.1. The summed E-state index contributed by atoms with van der Waals surface area (Å²) >= 11 is 12.4. The fourth-order valence-corrected chi connectivity index (χ4v) is 5.66. The van der Waals surface area contributed by atoms with Crippen molar-refractivity contribution in [1.29, 1.82) is 0 Å². The lowest BCUT2D eigenvalue weighted by molar-refractivity contribution is -0.116. The first-order valence-corrected chi connectivity index (χ1v) is 14.6. The number of nitrogens with one attached hydrogen (secondary N) is 1. The fourth-order valence-electron chi connectivity index (χ4n) is 3.92. The van der Waals surface area contributed by atoms with Gasteiger partial charge >= 0.3 is 0 Å². The van der Waals surface area contributed by atoms with Crippen molar-refractivity contribution in [3.63, 3.8) is 0 Å². The summed E-state index contributed by atoms with van der Waals surface area (Å²) in [5.41, 5.74) is 2.00. The predicted octanol–water partition coefficient (Wildman–Crippen LogP) is 6.35. The summed E-state index contributed by atoms with van der Waals surface area (Å²) in [6.45, 7) is 5.77. The predicted molar refractivity (Wildman–Crippen MR) is 156 cm³/mol. The molecule has 1 aromatic heterocycles. The summed E-state index contributed by atoms with van der Waals surface area (Å²) in [4.78, 5) is 13.4. The molecule has 0 aliphatic heterocycles. The standard InChI is InChI=1S/C29H30Cl2N4O3S/c1-29(2,3)26-19-27(35(33-26)25-12-8-7-11-24(25)31)32-28(36)20-34(18-17-21-9-5-4-6-10-21)39(37,38)23-15-13-22(30)14-16-23/h4-16,19H,17-18,20H2,1-3H3,(H,32,36). The lowest BCUT2D eigenvalue weighted by Gasteiger charge is -2.22. The largest absolute Gasteiger partial charge is 0.309 e. The van der Waals surface area contributed by atoms with E-state index in [9.17, 15) is 13.2 Å². The third-order valence-corrected chi connectivity index (χ3v) is 8.52. The number of carbonyl (C=O) groups excluding carboxylic acids is 1. The minimum absolute atomic E-state index is 0.0592. The fraction of sp³-hybridized carbons (Fsp3) is 0.241.